The summed E-state index contributed by atoms with van der Waals surface area (Å²) in [6.45, 7) is 2.32. The Labute approximate surface area is 180 Å². The first-order chi connectivity index (χ1) is 14.4. The second-order valence-electron chi connectivity index (χ2n) is 6.41. The molecule has 8 heteroatoms. The maximum atomic E-state index is 12.4. The summed E-state index contributed by atoms with van der Waals surface area (Å²) in [5.74, 6) is 0.958. The van der Waals surface area contributed by atoms with Gasteiger partial charge >= 0.3 is 0 Å². The first-order valence-electron chi connectivity index (χ1n) is 9.27. The smallest absolute Gasteiger partial charge is 0.251 e. The highest BCUT2D eigenvalue weighted by molar-refractivity contribution is 7.89. The van der Waals surface area contributed by atoms with Crippen LogP contribution in [0.1, 0.15) is 22.8 Å². The Balaban J connectivity index is 1.57. The van der Waals surface area contributed by atoms with Crippen molar-refractivity contribution >= 4 is 27.5 Å². The molecule has 156 valence electrons. The van der Waals surface area contributed by atoms with Gasteiger partial charge in [-0.05, 0) is 60.2 Å². The van der Waals surface area contributed by atoms with E-state index < -0.39 is 10.0 Å². The molecule has 0 radical (unpaired) electrons. The Kier molecular flexibility index (Phi) is 7.10. The summed E-state index contributed by atoms with van der Waals surface area (Å²) in [6.07, 6.45) is 0. The lowest BCUT2D eigenvalue weighted by Gasteiger charge is -2.09. The van der Waals surface area contributed by atoms with Crippen LogP contribution in [-0.4, -0.2) is 20.9 Å². The molecule has 2 N–H and O–H groups in total. The maximum Gasteiger partial charge on any atom is 0.251 e. The normalized spacial score (nSPS) is 11.1. The highest BCUT2D eigenvalue weighted by atomic mass is 35.5. The monoisotopic (exact) mass is 444 g/mol. The van der Waals surface area contributed by atoms with Gasteiger partial charge in [0.2, 0.25) is 10.0 Å². The van der Waals surface area contributed by atoms with Gasteiger partial charge in [0.05, 0.1) is 4.90 Å². The lowest BCUT2D eigenvalue weighted by Crippen LogP contribution is -2.24. The van der Waals surface area contributed by atoms with Crippen molar-refractivity contribution in [1.29, 1.82) is 0 Å². The van der Waals surface area contributed by atoms with E-state index >= 15 is 0 Å². The van der Waals surface area contributed by atoms with E-state index in [2.05, 4.69) is 10.0 Å². The lowest BCUT2D eigenvalue weighted by molar-refractivity contribution is 0.0951. The van der Waals surface area contributed by atoms with Crippen LogP contribution in [0.2, 0.25) is 5.02 Å². The minimum atomic E-state index is -3.49. The molecule has 0 aromatic heterocycles. The summed E-state index contributed by atoms with van der Waals surface area (Å²) >= 11 is 5.94. The van der Waals surface area contributed by atoms with E-state index in [0.717, 1.165) is 5.56 Å². The number of halogens is 1. The minimum absolute atomic E-state index is 0.190. The highest BCUT2D eigenvalue weighted by Gasteiger charge is 2.12. The number of nitrogens with one attached hydrogen (secondary N) is 2. The van der Waals surface area contributed by atoms with E-state index in [-0.39, 0.29) is 17.3 Å². The molecule has 0 atom stereocenters. The number of sulfonamides is 1. The number of hydrogen-bond donors (Lipinski definition) is 2. The molecule has 0 bridgehead atoms. The quantitative estimate of drug-likeness (QED) is 0.540. The number of carbonyl (C=O) groups excluding carboxylic acids is 1. The topological polar surface area (TPSA) is 84.5 Å². The van der Waals surface area contributed by atoms with Crippen molar-refractivity contribution in [3.63, 3.8) is 0 Å². The Morgan fingerprint density at radius 1 is 0.967 bits per heavy atom. The summed E-state index contributed by atoms with van der Waals surface area (Å²) in [4.78, 5) is 12.6. The standard InChI is InChI=1S/C22H21ClN2O4S/c1-2-25-30(27,28)21-12-6-16(7-13-21)15-24-22(26)17-8-10-19(11-9-17)29-20-5-3-4-18(23)14-20/h3-14,25H,2,15H2,1H3,(H,24,26). The lowest BCUT2D eigenvalue weighted by atomic mass is 10.2. The van der Waals surface area contributed by atoms with Crippen LogP contribution in [0.25, 0.3) is 0 Å². The molecule has 0 unspecified atom stereocenters. The first kappa shape index (κ1) is 21.8. The van der Waals surface area contributed by atoms with E-state index in [0.29, 0.717) is 28.6 Å². The van der Waals surface area contributed by atoms with Crippen LogP contribution in [0.15, 0.2) is 77.7 Å². The third kappa shape index (κ3) is 5.82. The van der Waals surface area contributed by atoms with Crippen molar-refractivity contribution < 1.29 is 17.9 Å². The van der Waals surface area contributed by atoms with E-state index in [1.54, 1.807) is 67.6 Å². The van der Waals surface area contributed by atoms with Gasteiger partial charge in [-0.3, -0.25) is 4.79 Å². The molecule has 3 rings (SSSR count). The molecule has 0 saturated heterocycles. The highest BCUT2D eigenvalue weighted by Crippen LogP contribution is 2.24. The van der Waals surface area contributed by atoms with Crippen LogP contribution >= 0.6 is 11.6 Å². The second-order valence-corrected chi connectivity index (χ2v) is 8.62. The molecule has 0 aliphatic heterocycles. The molecule has 6 nitrogen and oxygen atoms in total. The number of amides is 1. The number of rotatable bonds is 8. The molecule has 0 fully saturated rings. The fourth-order valence-corrected chi connectivity index (χ4v) is 3.91. The van der Waals surface area contributed by atoms with Gasteiger partial charge in [0.1, 0.15) is 11.5 Å². The molecule has 0 aliphatic rings. The number of ether oxygens (including phenoxy) is 1. The summed E-state index contributed by atoms with van der Waals surface area (Å²) in [6, 6.07) is 20.2. The average Bonchev–Trinajstić information content (AvgIpc) is 2.73. The predicted molar refractivity (Wildman–Crippen MR) is 116 cm³/mol. The SMILES string of the molecule is CCNS(=O)(=O)c1ccc(CNC(=O)c2ccc(Oc3cccc(Cl)c3)cc2)cc1. The van der Waals surface area contributed by atoms with E-state index in [1.165, 1.54) is 12.1 Å². The van der Waals surface area contributed by atoms with Crippen molar-refractivity contribution in [3.05, 3.63) is 88.9 Å². The average molecular weight is 445 g/mol. The zero-order chi connectivity index (χ0) is 21.6. The summed E-state index contributed by atoms with van der Waals surface area (Å²) in [5, 5.41) is 3.39. The molecule has 3 aromatic carbocycles. The molecule has 1 amide bonds. The number of benzene rings is 3. The molecule has 0 aliphatic carbocycles. The molecular weight excluding hydrogens is 424 g/mol. The number of hydrogen-bond acceptors (Lipinski definition) is 4. The fourth-order valence-electron chi connectivity index (χ4n) is 2.69. The Morgan fingerprint density at radius 3 is 2.30 bits per heavy atom. The van der Waals surface area contributed by atoms with Crippen molar-refractivity contribution in [2.45, 2.75) is 18.4 Å². The summed E-state index contributed by atoms with van der Waals surface area (Å²) < 4.78 is 32.1. The Morgan fingerprint density at radius 2 is 1.67 bits per heavy atom. The van der Waals surface area contributed by atoms with Crippen molar-refractivity contribution in [2.24, 2.45) is 0 Å². The van der Waals surface area contributed by atoms with Gasteiger partial charge in [0.25, 0.3) is 5.91 Å². The van der Waals surface area contributed by atoms with Gasteiger partial charge in [-0.1, -0.05) is 36.7 Å². The Hall–Kier alpha value is -2.87. The van der Waals surface area contributed by atoms with Crippen LogP contribution in [-0.2, 0) is 16.6 Å². The van der Waals surface area contributed by atoms with Crippen molar-refractivity contribution in [1.82, 2.24) is 10.0 Å². The number of carbonyl (C=O) groups is 1. The van der Waals surface area contributed by atoms with Gasteiger partial charge in [0, 0.05) is 23.7 Å². The fraction of sp³-hybridized carbons (Fsp3) is 0.136. The van der Waals surface area contributed by atoms with Crippen LogP contribution in [0, 0.1) is 0 Å². The van der Waals surface area contributed by atoms with Crippen LogP contribution < -0.4 is 14.8 Å². The first-order valence-corrected chi connectivity index (χ1v) is 11.1. The predicted octanol–water partition coefficient (Wildman–Crippen LogP) is 4.36. The largest absolute Gasteiger partial charge is 0.457 e. The second kappa shape index (κ2) is 9.75. The zero-order valence-corrected chi connectivity index (χ0v) is 17.8. The van der Waals surface area contributed by atoms with Crippen molar-refractivity contribution in [2.75, 3.05) is 6.54 Å². The van der Waals surface area contributed by atoms with Crippen LogP contribution in [0.5, 0.6) is 11.5 Å². The molecule has 3 aromatic rings. The van der Waals surface area contributed by atoms with Gasteiger partial charge in [-0.2, -0.15) is 0 Å². The third-order valence-electron chi connectivity index (χ3n) is 4.17. The summed E-state index contributed by atoms with van der Waals surface area (Å²) in [5.41, 5.74) is 1.28. The Bertz CT molecular complexity index is 1110. The molecule has 0 heterocycles. The van der Waals surface area contributed by atoms with Crippen LogP contribution in [0.3, 0.4) is 0 Å². The van der Waals surface area contributed by atoms with E-state index in [9.17, 15) is 13.2 Å². The van der Waals surface area contributed by atoms with Gasteiger partial charge < -0.3 is 10.1 Å². The van der Waals surface area contributed by atoms with Gasteiger partial charge in [0.15, 0.2) is 0 Å². The molecule has 30 heavy (non-hydrogen) atoms. The molecule has 0 saturated carbocycles. The van der Waals surface area contributed by atoms with Gasteiger partial charge in [-0.15, -0.1) is 0 Å². The third-order valence-corrected chi connectivity index (χ3v) is 5.97. The van der Waals surface area contributed by atoms with Gasteiger partial charge in [-0.25, -0.2) is 13.1 Å². The maximum absolute atomic E-state index is 12.4. The van der Waals surface area contributed by atoms with Crippen LogP contribution in [0.4, 0.5) is 0 Å². The minimum Gasteiger partial charge on any atom is -0.457 e. The molecular formula is C22H21ClN2O4S. The zero-order valence-electron chi connectivity index (χ0n) is 16.3. The van der Waals surface area contributed by atoms with E-state index in [4.69, 9.17) is 16.3 Å². The molecule has 0 spiro atoms. The van der Waals surface area contributed by atoms with E-state index in [1.807, 2.05) is 0 Å². The van der Waals surface area contributed by atoms with Crippen molar-refractivity contribution in [3.8, 4) is 11.5 Å². The summed E-state index contributed by atoms with van der Waals surface area (Å²) in [7, 11) is -3.49.